The van der Waals surface area contributed by atoms with Crippen LogP contribution in [0.4, 0.5) is 14.5 Å². The number of rotatable bonds is 6. The largest absolute Gasteiger partial charge is 0.345 e. The van der Waals surface area contributed by atoms with Gasteiger partial charge in [0.2, 0.25) is 5.91 Å². The van der Waals surface area contributed by atoms with Crippen LogP contribution in [0.3, 0.4) is 0 Å². The Morgan fingerprint density at radius 2 is 2.22 bits per heavy atom. The molecule has 0 aromatic heterocycles. The van der Waals surface area contributed by atoms with Gasteiger partial charge in [0.05, 0.1) is 23.7 Å². The molecule has 0 spiro atoms. The summed E-state index contributed by atoms with van der Waals surface area (Å²) >= 11 is 12.3. The van der Waals surface area contributed by atoms with E-state index in [0.29, 0.717) is 26.9 Å². The summed E-state index contributed by atoms with van der Waals surface area (Å²) in [6, 6.07) is 3.45. The van der Waals surface area contributed by atoms with Crippen LogP contribution in [0.15, 0.2) is 42.0 Å². The number of carbonyl (C=O) groups excluding carboxylic acids is 1. The Bertz CT molecular complexity index is 700. The molecular formula is C16H13Cl2F2NO2. The molecule has 0 radical (unpaired) electrons. The molecule has 1 N–H and O–H groups in total. The average molecular weight is 360 g/mol. The Morgan fingerprint density at radius 1 is 1.48 bits per heavy atom. The third-order valence-electron chi connectivity index (χ3n) is 3.12. The van der Waals surface area contributed by atoms with Crippen molar-refractivity contribution in [2.45, 2.75) is 13.0 Å². The Labute approximate surface area is 142 Å². The molecule has 1 aromatic rings. The summed E-state index contributed by atoms with van der Waals surface area (Å²) in [4.78, 5) is 11.4. The zero-order valence-electron chi connectivity index (χ0n) is 11.9. The molecule has 0 saturated heterocycles. The number of nitrogens with one attached hydrogen (secondary N) is 1. The number of hydrogen-bond acceptors (Lipinski definition) is 2. The summed E-state index contributed by atoms with van der Waals surface area (Å²) in [5.41, 5.74) is 2.58. The predicted octanol–water partition coefficient (Wildman–Crippen LogP) is 4.77. The minimum absolute atomic E-state index is 0.117. The van der Waals surface area contributed by atoms with E-state index in [0.717, 1.165) is 5.56 Å². The van der Waals surface area contributed by atoms with E-state index >= 15 is 0 Å². The molecule has 0 saturated carbocycles. The van der Waals surface area contributed by atoms with E-state index in [4.69, 9.17) is 23.2 Å². The van der Waals surface area contributed by atoms with E-state index in [1.165, 1.54) is 18.2 Å². The van der Waals surface area contributed by atoms with Gasteiger partial charge in [0, 0.05) is 5.03 Å². The standard InChI is InChI=1S/C16H13Cl2F2NO2/c1-9(12(17)4-2-3-5-23-16(19)20)10-6-11-8-14(22)21-15(11)13(18)7-10/h2-4,6-7,16H,1,5,8H2,(H,21,22)/b3-2-,12-4+. The second-order valence-electron chi connectivity index (χ2n) is 4.73. The summed E-state index contributed by atoms with van der Waals surface area (Å²) in [5.74, 6) is -0.117. The summed E-state index contributed by atoms with van der Waals surface area (Å²) in [6.07, 6.45) is 4.67. The average Bonchev–Trinajstić information content (AvgIpc) is 2.86. The van der Waals surface area contributed by atoms with E-state index < -0.39 is 6.61 Å². The summed E-state index contributed by atoms with van der Waals surface area (Å²) in [5, 5.41) is 3.42. The quantitative estimate of drug-likeness (QED) is 0.743. The molecule has 7 heteroatoms. The predicted molar refractivity (Wildman–Crippen MR) is 87.9 cm³/mol. The van der Waals surface area contributed by atoms with Crippen LogP contribution in [0.25, 0.3) is 5.57 Å². The van der Waals surface area contributed by atoms with Crippen molar-refractivity contribution in [1.29, 1.82) is 0 Å². The first-order chi connectivity index (χ1) is 10.9. The van der Waals surface area contributed by atoms with Crippen molar-refractivity contribution >= 4 is 40.4 Å². The van der Waals surface area contributed by atoms with E-state index in [9.17, 15) is 13.6 Å². The highest BCUT2D eigenvalue weighted by molar-refractivity contribution is 6.37. The number of anilines is 1. The van der Waals surface area contributed by atoms with Gasteiger partial charge in [-0.25, -0.2) is 0 Å². The summed E-state index contributed by atoms with van der Waals surface area (Å²) in [6.45, 7) is 0.863. The molecule has 3 nitrogen and oxygen atoms in total. The van der Waals surface area contributed by atoms with Crippen LogP contribution in [0.1, 0.15) is 11.1 Å². The number of allylic oxidation sites excluding steroid dienone is 4. The zero-order chi connectivity index (χ0) is 17.0. The molecule has 1 aliphatic rings. The molecule has 1 amide bonds. The highest BCUT2D eigenvalue weighted by Gasteiger charge is 2.21. The van der Waals surface area contributed by atoms with Crippen molar-refractivity contribution < 1.29 is 18.3 Å². The minimum Gasteiger partial charge on any atom is -0.324 e. The molecule has 122 valence electrons. The molecule has 0 fully saturated rings. The van der Waals surface area contributed by atoms with Gasteiger partial charge >= 0.3 is 6.61 Å². The van der Waals surface area contributed by atoms with Crippen LogP contribution in [-0.4, -0.2) is 19.1 Å². The van der Waals surface area contributed by atoms with Gasteiger partial charge in [0.1, 0.15) is 0 Å². The summed E-state index contributed by atoms with van der Waals surface area (Å²) < 4.78 is 27.7. The lowest BCUT2D eigenvalue weighted by molar-refractivity contribution is -0.119. The van der Waals surface area contributed by atoms with Gasteiger partial charge in [-0.1, -0.05) is 41.9 Å². The smallest absolute Gasteiger partial charge is 0.324 e. The number of alkyl halides is 2. The van der Waals surface area contributed by atoms with Crippen molar-refractivity contribution in [3.63, 3.8) is 0 Å². The van der Waals surface area contributed by atoms with Gasteiger partial charge in [-0.15, -0.1) is 0 Å². The lowest BCUT2D eigenvalue weighted by Gasteiger charge is -2.09. The number of hydrogen-bond donors (Lipinski definition) is 1. The maximum absolute atomic E-state index is 11.8. The third-order valence-corrected chi connectivity index (χ3v) is 3.77. The second-order valence-corrected chi connectivity index (χ2v) is 5.55. The Morgan fingerprint density at radius 3 is 2.91 bits per heavy atom. The SMILES string of the molecule is C=C(/C(Cl)=C\C=C/COC(F)F)c1cc(Cl)c2c(c1)CC(=O)N2. The number of benzene rings is 1. The highest BCUT2D eigenvalue weighted by atomic mass is 35.5. The van der Waals surface area contributed by atoms with Crippen LogP contribution in [0.2, 0.25) is 5.02 Å². The Hall–Kier alpha value is -1.69. The lowest BCUT2D eigenvalue weighted by atomic mass is 10.0. The molecule has 1 heterocycles. The van der Waals surface area contributed by atoms with Crippen molar-refractivity contribution in [3.8, 4) is 0 Å². The lowest BCUT2D eigenvalue weighted by Crippen LogP contribution is -2.03. The highest BCUT2D eigenvalue weighted by Crippen LogP contribution is 2.36. The monoisotopic (exact) mass is 359 g/mol. The third kappa shape index (κ3) is 4.64. The van der Waals surface area contributed by atoms with E-state index in [2.05, 4.69) is 16.6 Å². The molecule has 23 heavy (non-hydrogen) atoms. The van der Waals surface area contributed by atoms with Crippen molar-refractivity contribution in [2.75, 3.05) is 11.9 Å². The topological polar surface area (TPSA) is 38.3 Å². The van der Waals surface area contributed by atoms with E-state index in [1.807, 2.05) is 0 Å². The van der Waals surface area contributed by atoms with Crippen LogP contribution in [0, 0.1) is 0 Å². The van der Waals surface area contributed by atoms with Gasteiger partial charge in [-0.3, -0.25) is 4.79 Å². The van der Waals surface area contributed by atoms with Crippen molar-refractivity contribution in [2.24, 2.45) is 0 Å². The zero-order valence-corrected chi connectivity index (χ0v) is 13.4. The number of ether oxygens (including phenoxy) is 1. The normalized spacial score (nSPS) is 14.5. The fraction of sp³-hybridized carbons (Fsp3) is 0.188. The van der Waals surface area contributed by atoms with Crippen molar-refractivity contribution in [1.82, 2.24) is 0 Å². The first-order valence-electron chi connectivity index (χ1n) is 6.62. The number of amides is 1. The van der Waals surface area contributed by atoms with Gasteiger partial charge < -0.3 is 10.1 Å². The molecule has 2 rings (SSSR count). The molecular weight excluding hydrogens is 347 g/mol. The van der Waals surface area contributed by atoms with E-state index in [-0.39, 0.29) is 18.9 Å². The fourth-order valence-electron chi connectivity index (χ4n) is 2.05. The van der Waals surface area contributed by atoms with Crippen LogP contribution in [-0.2, 0) is 16.0 Å². The molecule has 0 unspecified atom stereocenters. The van der Waals surface area contributed by atoms with Gasteiger partial charge in [-0.05, 0) is 34.9 Å². The molecule has 0 atom stereocenters. The number of fused-ring (bicyclic) bond motifs is 1. The van der Waals surface area contributed by atoms with E-state index in [1.54, 1.807) is 12.1 Å². The van der Waals surface area contributed by atoms with Gasteiger partial charge in [-0.2, -0.15) is 8.78 Å². The van der Waals surface area contributed by atoms with Crippen LogP contribution in [0.5, 0.6) is 0 Å². The number of carbonyl (C=O) groups is 1. The Kier molecular flexibility index (Phi) is 5.93. The van der Waals surface area contributed by atoms with Gasteiger partial charge in [0.25, 0.3) is 0 Å². The summed E-state index contributed by atoms with van der Waals surface area (Å²) in [7, 11) is 0. The Balaban J connectivity index is 2.10. The first-order valence-corrected chi connectivity index (χ1v) is 7.38. The fourth-order valence-corrected chi connectivity index (χ4v) is 2.52. The molecule has 1 aliphatic heterocycles. The number of halogens is 4. The van der Waals surface area contributed by atoms with Crippen LogP contribution >= 0.6 is 23.2 Å². The maximum Gasteiger partial charge on any atom is 0.345 e. The molecule has 1 aromatic carbocycles. The van der Waals surface area contributed by atoms with Gasteiger partial charge in [0.15, 0.2) is 0 Å². The van der Waals surface area contributed by atoms with Crippen LogP contribution < -0.4 is 5.32 Å². The first kappa shape index (κ1) is 17.7. The maximum atomic E-state index is 11.8. The van der Waals surface area contributed by atoms with Crippen molar-refractivity contribution in [3.05, 3.63) is 58.1 Å². The molecule has 0 bridgehead atoms. The minimum atomic E-state index is -2.81. The second kappa shape index (κ2) is 7.73. The molecule has 0 aliphatic carbocycles.